The topological polar surface area (TPSA) is 47.6 Å². The van der Waals surface area contributed by atoms with Gasteiger partial charge in [0.25, 0.3) is 0 Å². The van der Waals surface area contributed by atoms with Gasteiger partial charge in [0.05, 0.1) is 17.2 Å². The van der Waals surface area contributed by atoms with Crippen molar-refractivity contribution in [1.29, 1.82) is 10.5 Å². The third kappa shape index (κ3) is 2.76. The highest BCUT2D eigenvalue weighted by Crippen LogP contribution is 2.36. The standard InChI is InChI=1S/C16H19FN2/c1-15(2,3)12-7-10(8-18)13(16(4,5)6)11(9-19)14(12)17/h7H,1-6H3. The molecule has 0 amide bonds. The van der Waals surface area contributed by atoms with E-state index in [0.29, 0.717) is 16.7 Å². The van der Waals surface area contributed by atoms with Crippen molar-refractivity contribution in [1.82, 2.24) is 0 Å². The van der Waals surface area contributed by atoms with E-state index in [1.165, 1.54) is 0 Å². The lowest BCUT2D eigenvalue weighted by Crippen LogP contribution is -2.21. The van der Waals surface area contributed by atoms with Crippen molar-refractivity contribution in [2.45, 2.75) is 52.4 Å². The van der Waals surface area contributed by atoms with E-state index in [0.717, 1.165) is 0 Å². The van der Waals surface area contributed by atoms with E-state index in [2.05, 4.69) is 6.07 Å². The number of hydrogen-bond donors (Lipinski definition) is 0. The molecular weight excluding hydrogens is 239 g/mol. The summed E-state index contributed by atoms with van der Waals surface area (Å²) in [4.78, 5) is 0. The van der Waals surface area contributed by atoms with Crippen LogP contribution in [0.3, 0.4) is 0 Å². The van der Waals surface area contributed by atoms with Crippen molar-refractivity contribution in [2.75, 3.05) is 0 Å². The summed E-state index contributed by atoms with van der Waals surface area (Å²) in [6, 6.07) is 5.61. The lowest BCUT2D eigenvalue weighted by atomic mass is 9.76. The molecule has 1 rings (SSSR count). The second kappa shape index (κ2) is 4.67. The second-order valence-corrected chi connectivity index (χ2v) is 6.76. The summed E-state index contributed by atoms with van der Waals surface area (Å²) in [5.74, 6) is -0.501. The fourth-order valence-corrected chi connectivity index (χ4v) is 2.18. The molecule has 0 aliphatic rings. The number of nitrogens with zero attached hydrogens (tertiary/aromatic N) is 2. The minimum Gasteiger partial charge on any atom is -0.205 e. The Morgan fingerprint density at radius 1 is 0.947 bits per heavy atom. The number of nitriles is 2. The van der Waals surface area contributed by atoms with Crippen molar-refractivity contribution >= 4 is 0 Å². The predicted octanol–water partition coefficient (Wildman–Crippen LogP) is 4.16. The Hall–Kier alpha value is -1.87. The summed E-state index contributed by atoms with van der Waals surface area (Å²) < 4.78 is 14.5. The van der Waals surface area contributed by atoms with E-state index in [9.17, 15) is 14.9 Å². The molecule has 0 atom stereocenters. The highest BCUT2D eigenvalue weighted by Gasteiger charge is 2.30. The maximum Gasteiger partial charge on any atom is 0.145 e. The number of rotatable bonds is 0. The SMILES string of the molecule is CC(C)(C)c1cc(C#N)c(C(C)(C)C)c(C#N)c1F. The summed E-state index contributed by atoms with van der Waals surface area (Å²) in [5.41, 5.74) is 0.383. The Bertz CT molecular complexity index is 588. The van der Waals surface area contributed by atoms with Gasteiger partial charge in [-0.2, -0.15) is 10.5 Å². The normalized spacial score (nSPS) is 11.8. The molecule has 0 aromatic heterocycles. The molecule has 2 nitrogen and oxygen atoms in total. The van der Waals surface area contributed by atoms with Crippen LogP contribution in [0, 0.1) is 28.5 Å². The summed E-state index contributed by atoms with van der Waals surface area (Å²) in [5, 5.41) is 18.6. The Labute approximate surface area is 114 Å². The average molecular weight is 258 g/mol. The van der Waals surface area contributed by atoms with Crippen LogP contribution in [0.2, 0.25) is 0 Å². The van der Waals surface area contributed by atoms with Gasteiger partial charge in [0, 0.05) is 0 Å². The van der Waals surface area contributed by atoms with Gasteiger partial charge in [-0.05, 0) is 28.0 Å². The molecule has 3 heteroatoms. The maximum atomic E-state index is 14.5. The minimum atomic E-state index is -0.501. The molecule has 0 saturated heterocycles. The van der Waals surface area contributed by atoms with Crippen LogP contribution < -0.4 is 0 Å². The first-order chi connectivity index (χ1) is 8.54. The maximum absolute atomic E-state index is 14.5. The smallest absolute Gasteiger partial charge is 0.145 e. The van der Waals surface area contributed by atoms with Gasteiger partial charge in [0.2, 0.25) is 0 Å². The van der Waals surface area contributed by atoms with Crippen LogP contribution in [0.25, 0.3) is 0 Å². The quantitative estimate of drug-likeness (QED) is 0.701. The van der Waals surface area contributed by atoms with Crippen LogP contribution in [-0.2, 0) is 10.8 Å². The van der Waals surface area contributed by atoms with Crippen molar-refractivity contribution in [2.24, 2.45) is 0 Å². The van der Waals surface area contributed by atoms with E-state index < -0.39 is 16.6 Å². The van der Waals surface area contributed by atoms with Gasteiger partial charge in [0.1, 0.15) is 11.9 Å². The first-order valence-electron chi connectivity index (χ1n) is 6.21. The molecule has 0 saturated carbocycles. The highest BCUT2D eigenvalue weighted by molar-refractivity contribution is 5.55. The molecular formula is C16H19FN2. The zero-order chi connectivity index (χ0) is 15.0. The Balaban J connectivity index is 3.87. The van der Waals surface area contributed by atoms with Gasteiger partial charge in [-0.3, -0.25) is 0 Å². The number of hydrogen-bond acceptors (Lipinski definition) is 2. The molecule has 19 heavy (non-hydrogen) atoms. The molecule has 0 unspecified atom stereocenters. The van der Waals surface area contributed by atoms with Crippen molar-refractivity contribution in [3.05, 3.63) is 34.1 Å². The van der Waals surface area contributed by atoms with Gasteiger partial charge in [-0.1, -0.05) is 41.5 Å². The van der Waals surface area contributed by atoms with Crippen LogP contribution >= 0.6 is 0 Å². The first-order valence-corrected chi connectivity index (χ1v) is 6.21. The second-order valence-electron chi connectivity index (χ2n) is 6.76. The molecule has 0 bridgehead atoms. The third-order valence-electron chi connectivity index (χ3n) is 3.05. The molecule has 0 radical (unpaired) electrons. The lowest BCUT2D eigenvalue weighted by Gasteiger charge is -2.27. The third-order valence-corrected chi connectivity index (χ3v) is 3.05. The first kappa shape index (κ1) is 15.2. The van der Waals surface area contributed by atoms with Gasteiger partial charge in [-0.25, -0.2) is 4.39 Å². The van der Waals surface area contributed by atoms with Gasteiger partial charge >= 0.3 is 0 Å². The number of halogens is 1. The average Bonchev–Trinajstić information content (AvgIpc) is 2.25. The fourth-order valence-electron chi connectivity index (χ4n) is 2.18. The predicted molar refractivity (Wildman–Crippen MR) is 73.2 cm³/mol. The monoisotopic (exact) mass is 258 g/mol. The lowest BCUT2D eigenvalue weighted by molar-refractivity contribution is 0.510. The summed E-state index contributed by atoms with van der Waals surface area (Å²) in [6.45, 7) is 11.2. The zero-order valence-electron chi connectivity index (χ0n) is 12.3. The van der Waals surface area contributed by atoms with E-state index >= 15 is 0 Å². The van der Waals surface area contributed by atoms with Crippen LogP contribution in [0.5, 0.6) is 0 Å². The van der Waals surface area contributed by atoms with Gasteiger partial charge in [0.15, 0.2) is 0 Å². The summed E-state index contributed by atoms with van der Waals surface area (Å²) >= 11 is 0. The summed E-state index contributed by atoms with van der Waals surface area (Å²) in [6.07, 6.45) is 0. The Morgan fingerprint density at radius 2 is 1.47 bits per heavy atom. The zero-order valence-corrected chi connectivity index (χ0v) is 12.3. The molecule has 0 aliphatic carbocycles. The number of benzene rings is 1. The minimum absolute atomic E-state index is 0.00326. The van der Waals surface area contributed by atoms with Gasteiger partial charge < -0.3 is 0 Å². The molecule has 0 spiro atoms. The van der Waals surface area contributed by atoms with E-state index in [-0.39, 0.29) is 5.56 Å². The Morgan fingerprint density at radius 3 is 1.79 bits per heavy atom. The van der Waals surface area contributed by atoms with Crippen LogP contribution in [0.4, 0.5) is 4.39 Å². The van der Waals surface area contributed by atoms with Gasteiger partial charge in [-0.15, -0.1) is 0 Å². The van der Waals surface area contributed by atoms with Crippen LogP contribution in [0.1, 0.15) is 63.8 Å². The molecule has 0 heterocycles. The van der Waals surface area contributed by atoms with E-state index in [1.807, 2.05) is 47.6 Å². The molecule has 1 aromatic rings. The van der Waals surface area contributed by atoms with Crippen LogP contribution in [-0.4, -0.2) is 0 Å². The highest BCUT2D eigenvalue weighted by atomic mass is 19.1. The van der Waals surface area contributed by atoms with Crippen molar-refractivity contribution in [3.8, 4) is 12.1 Å². The van der Waals surface area contributed by atoms with Crippen molar-refractivity contribution in [3.63, 3.8) is 0 Å². The van der Waals surface area contributed by atoms with Crippen molar-refractivity contribution < 1.29 is 4.39 Å². The van der Waals surface area contributed by atoms with Crippen LogP contribution in [0.15, 0.2) is 6.07 Å². The van der Waals surface area contributed by atoms with E-state index in [4.69, 9.17) is 0 Å². The summed E-state index contributed by atoms with van der Waals surface area (Å²) in [7, 11) is 0. The molecule has 0 aliphatic heterocycles. The molecule has 0 fully saturated rings. The molecule has 100 valence electrons. The molecule has 0 N–H and O–H groups in total. The van der Waals surface area contributed by atoms with E-state index in [1.54, 1.807) is 6.07 Å². The Kier molecular flexibility index (Phi) is 3.73. The fraction of sp³-hybridized carbons (Fsp3) is 0.500. The molecule has 1 aromatic carbocycles. The largest absolute Gasteiger partial charge is 0.205 e.